The second kappa shape index (κ2) is 6.98. The van der Waals surface area contributed by atoms with E-state index in [1.165, 1.54) is 18.8 Å². The van der Waals surface area contributed by atoms with E-state index < -0.39 is 6.10 Å². The van der Waals surface area contributed by atoms with E-state index in [1.54, 1.807) is 23.1 Å². The standard InChI is InChI=1S/C18H17NO4/c20-16(17-7-4-9-23-17)12-19(11-14-5-2-1-3-6-14)18(21)15-8-10-22-13-15/h1-10,13,16,20H,11-12H2/t16-/m0/s1. The predicted octanol–water partition coefficient (Wildman–Crippen LogP) is 3.25. The lowest BCUT2D eigenvalue weighted by atomic mass is 10.1. The van der Waals surface area contributed by atoms with Crippen molar-refractivity contribution in [1.82, 2.24) is 4.90 Å². The lowest BCUT2D eigenvalue weighted by Crippen LogP contribution is -2.34. The minimum Gasteiger partial charge on any atom is -0.472 e. The van der Waals surface area contributed by atoms with Gasteiger partial charge >= 0.3 is 0 Å². The number of furan rings is 2. The van der Waals surface area contributed by atoms with Crippen LogP contribution in [0.15, 0.2) is 76.2 Å². The Hall–Kier alpha value is -2.79. The summed E-state index contributed by atoms with van der Waals surface area (Å²) in [5.41, 5.74) is 1.43. The summed E-state index contributed by atoms with van der Waals surface area (Å²) in [4.78, 5) is 14.2. The minimum absolute atomic E-state index is 0.131. The maximum absolute atomic E-state index is 12.6. The third-order valence-corrected chi connectivity index (χ3v) is 3.54. The van der Waals surface area contributed by atoms with E-state index in [4.69, 9.17) is 8.83 Å². The van der Waals surface area contributed by atoms with Crippen molar-refractivity contribution in [3.05, 3.63) is 84.2 Å². The quantitative estimate of drug-likeness (QED) is 0.759. The summed E-state index contributed by atoms with van der Waals surface area (Å²) in [6.45, 7) is 0.523. The number of amides is 1. The van der Waals surface area contributed by atoms with Gasteiger partial charge in [0.1, 0.15) is 18.1 Å². The number of carbonyl (C=O) groups is 1. The third-order valence-electron chi connectivity index (χ3n) is 3.54. The zero-order valence-electron chi connectivity index (χ0n) is 12.5. The van der Waals surface area contributed by atoms with Gasteiger partial charge < -0.3 is 18.8 Å². The van der Waals surface area contributed by atoms with E-state index >= 15 is 0 Å². The van der Waals surface area contributed by atoms with E-state index in [1.807, 2.05) is 30.3 Å². The van der Waals surface area contributed by atoms with Crippen LogP contribution < -0.4 is 0 Å². The van der Waals surface area contributed by atoms with E-state index in [2.05, 4.69) is 0 Å². The first-order valence-electron chi connectivity index (χ1n) is 7.31. The molecule has 0 unspecified atom stereocenters. The number of rotatable bonds is 6. The molecule has 0 spiro atoms. The van der Waals surface area contributed by atoms with Gasteiger partial charge in [0, 0.05) is 6.54 Å². The van der Waals surface area contributed by atoms with Gasteiger partial charge in [0.05, 0.1) is 24.6 Å². The average molecular weight is 311 g/mol. The summed E-state index contributed by atoms with van der Waals surface area (Å²) in [5.74, 6) is 0.233. The Morgan fingerprint density at radius 2 is 1.91 bits per heavy atom. The van der Waals surface area contributed by atoms with Gasteiger partial charge in [0.15, 0.2) is 0 Å². The van der Waals surface area contributed by atoms with Crippen molar-refractivity contribution >= 4 is 5.91 Å². The van der Waals surface area contributed by atoms with Crippen molar-refractivity contribution in [2.45, 2.75) is 12.6 Å². The molecule has 5 heteroatoms. The topological polar surface area (TPSA) is 66.8 Å². The Bertz CT molecular complexity index is 720. The number of hydrogen-bond donors (Lipinski definition) is 1. The molecule has 1 atom stereocenters. The highest BCUT2D eigenvalue weighted by molar-refractivity contribution is 5.93. The highest BCUT2D eigenvalue weighted by atomic mass is 16.4. The average Bonchev–Trinajstić information content (AvgIpc) is 3.27. The molecule has 0 bridgehead atoms. The van der Waals surface area contributed by atoms with E-state index in [0.29, 0.717) is 17.9 Å². The smallest absolute Gasteiger partial charge is 0.257 e. The first-order chi connectivity index (χ1) is 11.2. The van der Waals surface area contributed by atoms with Crippen molar-refractivity contribution in [3.8, 4) is 0 Å². The van der Waals surface area contributed by atoms with Crippen LogP contribution in [0.2, 0.25) is 0 Å². The molecule has 23 heavy (non-hydrogen) atoms. The molecular formula is C18H17NO4. The fraction of sp³-hybridized carbons (Fsp3) is 0.167. The second-order valence-electron chi connectivity index (χ2n) is 5.21. The monoisotopic (exact) mass is 311 g/mol. The molecule has 2 heterocycles. The normalized spacial score (nSPS) is 12.0. The number of nitrogens with zero attached hydrogens (tertiary/aromatic N) is 1. The first kappa shape index (κ1) is 15.1. The second-order valence-corrected chi connectivity index (χ2v) is 5.21. The highest BCUT2D eigenvalue weighted by Gasteiger charge is 2.22. The maximum Gasteiger partial charge on any atom is 0.257 e. The molecular weight excluding hydrogens is 294 g/mol. The predicted molar refractivity (Wildman–Crippen MR) is 83.6 cm³/mol. The van der Waals surface area contributed by atoms with Crippen molar-refractivity contribution in [1.29, 1.82) is 0 Å². The summed E-state index contributed by atoms with van der Waals surface area (Å²) in [5, 5.41) is 10.3. The molecule has 0 aliphatic carbocycles. The molecule has 3 aromatic rings. The van der Waals surface area contributed by atoms with Crippen molar-refractivity contribution < 1.29 is 18.7 Å². The van der Waals surface area contributed by atoms with Crippen molar-refractivity contribution in [2.75, 3.05) is 6.54 Å². The zero-order chi connectivity index (χ0) is 16.1. The zero-order valence-corrected chi connectivity index (χ0v) is 12.5. The van der Waals surface area contributed by atoms with Crippen LogP contribution in [0.4, 0.5) is 0 Å². The third kappa shape index (κ3) is 3.70. The van der Waals surface area contributed by atoms with Gasteiger partial charge in [-0.15, -0.1) is 0 Å². The molecule has 118 valence electrons. The van der Waals surface area contributed by atoms with Crippen LogP contribution in [0.25, 0.3) is 0 Å². The molecule has 1 aromatic carbocycles. The van der Waals surface area contributed by atoms with Crippen LogP contribution in [0.3, 0.4) is 0 Å². The van der Waals surface area contributed by atoms with E-state index in [0.717, 1.165) is 5.56 Å². The number of benzene rings is 1. The highest BCUT2D eigenvalue weighted by Crippen LogP contribution is 2.18. The lowest BCUT2D eigenvalue weighted by Gasteiger charge is -2.24. The Labute approximate surface area is 133 Å². The van der Waals surface area contributed by atoms with Crippen LogP contribution in [0, 0.1) is 0 Å². The fourth-order valence-corrected chi connectivity index (χ4v) is 2.37. The number of carbonyl (C=O) groups excluding carboxylic acids is 1. The number of hydrogen-bond acceptors (Lipinski definition) is 4. The van der Waals surface area contributed by atoms with Crippen molar-refractivity contribution in [2.24, 2.45) is 0 Å². The molecule has 0 saturated heterocycles. The van der Waals surface area contributed by atoms with Crippen LogP contribution in [0.1, 0.15) is 27.8 Å². The van der Waals surface area contributed by atoms with Crippen LogP contribution >= 0.6 is 0 Å². The van der Waals surface area contributed by atoms with Gasteiger partial charge in [0.2, 0.25) is 0 Å². The summed E-state index contributed by atoms with van der Waals surface area (Å²) >= 11 is 0. The van der Waals surface area contributed by atoms with Gasteiger partial charge in [0.25, 0.3) is 5.91 Å². The van der Waals surface area contributed by atoms with Crippen LogP contribution in [0.5, 0.6) is 0 Å². The Kier molecular flexibility index (Phi) is 4.59. The summed E-state index contributed by atoms with van der Waals surface area (Å²) in [6, 6.07) is 14.6. The van der Waals surface area contributed by atoms with Crippen molar-refractivity contribution in [3.63, 3.8) is 0 Å². The SMILES string of the molecule is O=C(c1ccoc1)N(Cc1ccccc1)C[C@H](O)c1ccco1. The molecule has 5 nitrogen and oxygen atoms in total. The first-order valence-corrected chi connectivity index (χ1v) is 7.31. The Balaban J connectivity index is 1.79. The summed E-state index contributed by atoms with van der Waals surface area (Å²) in [7, 11) is 0. The molecule has 3 rings (SSSR count). The minimum atomic E-state index is -0.885. The van der Waals surface area contributed by atoms with Gasteiger partial charge in [-0.25, -0.2) is 0 Å². The number of aliphatic hydroxyl groups is 1. The largest absolute Gasteiger partial charge is 0.472 e. The number of aliphatic hydroxyl groups excluding tert-OH is 1. The Morgan fingerprint density at radius 3 is 2.57 bits per heavy atom. The molecule has 0 aliphatic rings. The summed E-state index contributed by atoms with van der Waals surface area (Å²) in [6.07, 6.45) is 3.47. The van der Waals surface area contributed by atoms with Crippen LogP contribution in [-0.4, -0.2) is 22.5 Å². The lowest BCUT2D eigenvalue weighted by molar-refractivity contribution is 0.0562. The summed E-state index contributed by atoms with van der Waals surface area (Å²) < 4.78 is 10.2. The fourth-order valence-electron chi connectivity index (χ4n) is 2.37. The molecule has 1 N–H and O–H groups in total. The molecule has 1 amide bonds. The molecule has 0 saturated carbocycles. The van der Waals surface area contributed by atoms with E-state index in [9.17, 15) is 9.90 Å². The van der Waals surface area contributed by atoms with Crippen LogP contribution in [-0.2, 0) is 6.54 Å². The maximum atomic E-state index is 12.6. The van der Waals surface area contributed by atoms with Gasteiger partial charge in [-0.05, 0) is 23.8 Å². The molecule has 0 aliphatic heterocycles. The molecule has 0 fully saturated rings. The molecule has 2 aromatic heterocycles. The molecule has 0 radical (unpaired) electrons. The van der Waals surface area contributed by atoms with Gasteiger partial charge in [-0.3, -0.25) is 4.79 Å². The van der Waals surface area contributed by atoms with Gasteiger partial charge in [-0.1, -0.05) is 30.3 Å². The van der Waals surface area contributed by atoms with E-state index in [-0.39, 0.29) is 12.5 Å². The Morgan fingerprint density at radius 1 is 1.09 bits per heavy atom. The van der Waals surface area contributed by atoms with Gasteiger partial charge in [-0.2, -0.15) is 0 Å².